The Labute approximate surface area is 137 Å². The zero-order valence-electron chi connectivity index (χ0n) is 12.7. The molecular formula is C18H21Cl2N. The maximum absolute atomic E-state index is 6.40. The Balaban J connectivity index is 2.44. The van der Waals surface area contributed by atoms with Gasteiger partial charge in [0.2, 0.25) is 0 Å². The van der Waals surface area contributed by atoms with Crippen molar-refractivity contribution in [2.45, 2.75) is 33.2 Å². The van der Waals surface area contributed by atoms with Crippen LogP contribution in [-0.2, 0) is 0 Å². The van der Waals surface area contributed by atoms with E-state index < -0.39 is 0 Å². The highest BCUT2D eigenvalue weighted by molar-refractivity contribution is 6.35. The summed E-state index contributed by atoms with van der Waals surface area (Å²) >= 11 is 12.4. The fraction of sp³-hybridized carbons (Fsp3) is 0.333. The number of rotatable bonds is 5. The molecule has 0 amide bonds. The number of benzene rings is 2. The number of hydrogen-bond donors (Lipinski definition) is 1. The summed E-state index contributed by atoms with van der Waals surface area (Å²) in [5, 5.41) is 4.95. The lowest BCUT2D eigenvalue weighted by Crippen LogP contribution is -2.23. The normalized spacial score (nSPS) is 12.4. The lowest BCUT2D eigenvalue weighted by molar-refractivity contribution is 0.598. The highest BCUT2D eigenvalue weighted by Gasteiger charge is 2.17. The van der Waals surface area contributed by atoms with E-state index in [-0.39, 0.29) is 6.04 Å². The minimum Gasteiger partial charge on any atom is -0.306 e. The average Bonchev–Trinajstić information content (AvgIpc) is 2.44. The summed E-state index contributed by atoms with van der Waals surface area (Å²) < 4.78 is 0. The van der Waals surface area contributed by atoms with Crippen LogP contribution in [-0.4, -0.2) is 6.54 Å². The van der Waals surface area contributed by atoms with E-state index in [0.717, 1.165) is 18.5 Å². The summed E-state index contributed by atoms with van der Waals surface area (Å²) in [5.74, 6) is 0. The van der Waals surface area contributed by atoms with Crippen molar-refractivity contribution in [3.8, 4) is 0 Å². The Hall–Kier alpha value is -1.02. The van der Waals surface area contributed by atoms with E-state index >= 15 is 0 Å². The van der Waals surface area contributed by atoms with E-state index in [4.69, 9.17) is 23.2 Å². The van der Waals surface area contributed by atoms with Crippen LogP contribution in [0.4, 0.5) is 0 Å². The molecule has 0 aliphatic heterocycles. The van der Waals surface area contributed by atoms with Gasteiger partial charge in [0, 0.05) is 10.0 Å². The van der Waals surface area contributed by atoms with Gasteiger partial charge in [0.15, 0.2) is 0 Å². The molecule has 1 unspecified atom stereocenters. The summed E-state index contributed by atoms with van der Waals surface area (Å²) in [6.07, 6.45) is 1.08. The molecule has 2 aromatic carbocycles. The van der Waals surface area contributed by atoms with Crippen LogP contribution in [0.2, 0.25) is 10.0 Å². The Kier molecular flexibility index (Phi) is 5.69. The van der Waals surface area contributed by atoms with E-state index in [0.29, 0.717) is 10.0 Å². The molecule has 0 radical (unpaired) electrons. The Morgan fingerprint density at radius 3 is 2.38 bits per heavy atom. The van der Waals surface area contributed by atoms with Crippen LogP contribution < -0.4 is 5.32 Å². The van der Waals surface area contributed by atoms with Crippen molar-refractivity contribution in [1.29, 1.82) is 0 Å². The van der Waals surface area contributed by atoms with Crippen molar-refractivity contribution in [1.82, 2.24) is 5.32 Å². The molecule has 2 aromatic rings. The van der Waals surface area contributed by atoms with Gasteiger partial charge >= 0.3 is 0 Å². The summed E-state index contributed by atoms with van der Waals surface area (Å²) in [6, 6.07) is 12.4. The fourth-order valence-corrected chi connectivity index (χ4v) is 2.89. The molecule has 112 valence electrons. The Morgan fingerprint density at radius 2 is 1.76 bits per heavy atom. The van der Waals surface area contributed by atoms with Gasteiger partial charge in [0.05, 0.1) is 6.04 Å². The van der Waals surface area contributed by atoms with E-state index in [9.17, 15) is 0 Å². The van der Waals surface area contributed by atoms with Gasteiger partial charge in [0.25, 0.3) is 0 Å². The molecular weight excluding hydrogens is 301 g/mol. The largest absolute Gasteiger partial charge is 0.306 e. The van der Waals surface area contributed by atoms with Crippen molar-refractivity contribution in [3.63, 3.8) is 0 Å². The second-order valence-corrected chi connectivity index (χ2v) is 6.24. The third-order valence-electron chi connectivity index (χ3n) is 3.74. The first-order chi connectivity index (χ1) is 10.0. The zero-order chi connectivity index (χ0) is 15.4. The Bertz CT molecular complexity index is 623. The number of aryl methyl sites for hydroxylation is 2. The quantitative estimate of drug-likeness (QED) is 0.744. The van der Waals surface area contributed by atoms with Crippen molar-refractivity contribution in [2.75, 3.05) is 6.54 Å². The molecule has 0 aliphatic rings. The van der Waals surface area contributed by atoms with Gasteiger partial charge in [-0.3, -0.25) is 0 Å². The van der Waals surface area contributed by atoms with E-state index in [2.05, 4.69) is 44.3 Å². The minimum atomic E-state index is 0.0917. The van der Waals surface area contributed by atoms with Crippen LogP contribution in [0.15, 0.2) is 36.4 Å². The zero-order valence-corrected chi connectivity index (χ0v) is 14.2. The maximum atomic E-state index is 6.40. The standard InChI is InChI=1S/C18H21Cl2N/c1-4-9-21-18(14-6-5-12(2)13(3)10-14)16-8-7-15(19)11-17(16)20/h5-8,10-11,18,21H,4,9H2,1-3H3. The molecule has 3 heteroatoms. The summed E-state index contributed by atoms with van der Waals surface area (Å²) in [4.78, 5) is 0. The van der Waals surface area contributed by atoms with Gasteiger partial charge in [0.1, 0.15) is 0 Å². The van der Waals surface area contributed by atoms with Crippen LogP contribution in [0.3, 0.4) is 0 Å². The number of nitrogens with one attached hydrogen (secondary N) is 1. The SMILES string of the molecule is CCCNC(c1ccc(C)c(C)c1)c1ccc(Cl)cc1Cl. The summed E-state index contributed by atoms with van der Waals surface area (Å²) in [5.41, 5.74) is 4.89. The minimum absolute atomic E-state index is 0.0917. The molecule has 1 nitrogen and oxygen atoms in total. The average molecular weight is 322 g/mol. The molecule has 0 saturated carbocycles. The molecule has 0 aliphatic carbocycles. The summed E-state index contributed by atoms with van der Waals surface area (Å²) in [6.45, 7) is 7.37. The molecule has 1 N–H and O–H groups in total. The van der Waals surface area contributed by atoms with Crippen LogP contribution >= 0.6 is 23.2 Å². The predicted molar refractivity (Wildman–Crippen MR) is 92.5 cm³/mol. The van der Waals surface area contributed by atoms with Crippen LogP contribution in [0, 0.1) is 13.8 Å². The number of halogens is 2. The van der Waals surface area contributed by atoms with Crippen LogP contribution in [0.25, 0.3) is 0 Å². The second kappa shape index (κ2) is 7.31. The van der Waals surface area contributed by atoms with Gasteiger partial charge < -0.3 is 5.32 Å². The third-order valence-corrected chi connectivity index (χ3v) is 4.30. The second-order valence-electron chi connectivity index (χ2n) is 5.40. The predicted octanol–water partition coefficient (Wildman–Crippen LogP) is 5.70. The highest BCUT2D eigenvalue weighted by Crippen LogP contribution is 2.31. The van der Waals surface area contributed by atoms with Gasteiger partial charge in [-0.05, 0) is 61.2 Å². The van der Waals surface area contributed by atoms with Crippen LogP contribution in [0.1, 0.15) is 41.6 Å². The lowest BCUT2D eigenvalue weighted by Gasteiger charge is -2.22. The lowest BCUT2D eigenvalue weighted by atomic mass is 9.95. The molecule has 2 rings (SSSR count). The monoisotopic (exact) mass is 321 g/mol. The highest BCUT2D eigenvalue weighted by atomic mass is 35.5. The molecule has 1 atom stereocenters. The smallest absolute Gasteiger partial charge is 0.0591 e. The number of hydrogen-bond acceptors (Lipinski definition) is 1. The molecule has 0 aromatic heterocycles. The molecule has 21 heavy (non-hydrogen) atoms. The molecule has 0 bridgehead atoms. The third kappa shape index (κ3) is 4.00. The maximum Gasteiger partial charge on any atom is 0.0591 e. The van der Waals surface area contributed by atoms with Gasteiger partial charge in [-0.2, -0.15) is 0 Å². The van der Waals surface area contributed by atoms with E-state index in [1.54, 1.807) is 6.07 Å². The van der Waals surface area contributed by atoms with Gasteiger partial charge in [-0.25, -0.2) is 0 Å². The first kappa shape index (κ1) is 16.4. The van der Waals surface area contributed by atoms with Crippen LogP contribution in [0.5, 0.6) is 0 Å². The first-order valence-corrected chi connectivity index (χ1v) is 8.04. The fourth-order valence-electron chi connectivity index (χ4n) is 2.38. The Morgan fingerprint density at radius 1 is 1.00 bits per heavy atom. The van der Waals surface area contributed by atoms with Crippen molar-refractivity contribution < 1.29 is 0 Å². The van der Waals surface area contributed by atoms with E-state index in [1.807, 2.05) is 12.1 Å². The molecule has 0 heterocycles. The summed E-state index contributed by atoms with van der Waals surface area (Å²) in [7, 11) is 0. The van der Waals surface area contributed by atoms with Crippen molar-refractivity contribution >= 4 is 23.2 Å². The van der Waals surface area contributed by atoms with E-state index in [1.165, 1.54) is 16.7 Å². The van der Waals surface area contributed by atoms with Gasteiger partial charge in [-0.1, -0.05) is 54.4 Å². The van der Waals surface area contributed by atoms with Gasteiger partial charge in [-0.15, -0.1) is 0 Å². The topological polar surface area (TPSA) is 12.0 Å². The molecule has 0 fully saturated rings. The molecule has 0 saturated heterocycles. The molecule has 0 spiro atoms. The van der Waals surface area contributed by atoms with Crippen molar-refractivity contribution in [3.05, 3.63) is 68.7 Å². The first-order valence-electron chi connectivity index (χ1n) is 7.28. The van der Waals surface area contributed by atoms with Crippen molar-refractivity contribution in [2.24, 2.45) is 0 Å².